The van der Waals surface area contributed by atoms with Crippen molar-refractivity contribution in [3.8, 4) is 0 Å². The molecule has 0 heterocycles. The number of rotatable bonds is 4. The maximum absolute atomic E-state index is 13.3. The van der Waals surface area contributed by atoms with Crippen molar-refractivity contribution in [2.75, 3.05) is 11.1 Å². The van der Waals surface area contributed by atoms with E-state index >= 15 is 0 Å². The van der Waals surface area contributed by atoms with Gasteiger partial charge in [-0.3, -0.25) is 9.59 Å². The van der Waals surface area contributed by atoms with Crippen LogP contribution in [-0.4, -0.2) is 33.0 Å². The summed E-state index contributed by atoms with van der Waals surface area (Å²) in [4.78, 5) is 25.2. The van der Waals surface area contributed by atoms with Crippen molar-refractivity contribution in [2.24, 2.45) is 5.14 Å². The Morgan fingerprint density at radius 2 is 1.38 bits per heavy atom. The van der Waals surface area contributed by atoms with E-state index in [4.69, 9.17) is 10.9 Å². The van der Waals surface area contributed by atoms with Crippen molar-refractivity contribution in [3.63, 3.8) is 0 Å². The van der Waals surface area contributed by atoms with Crippen molar-refractivity contribution in [2.45, 2.75) is 16.7 Å². The summed E-state index contributed by atoms with van der Waals surface area (Å²) in [6.07, 6.45) is 0. The van der Waals surface area contributed by atoms with Crippen LogP contribution in [0.5, 0.6) is 0 Å². The van der Waals surface area contributed by atoms with Crippen LogP contribution in [0.15, 0.2) is 58.3 Å². The molecule has 0 bridgehead atoms. The van der Waals surface area contributed by atoms with Crippen LogP contribution in [0.1, 0.15) is 37.4 Å². The predicted octanol–water partition coefficient (Wildman–Crippen LogP) is -1.35. The molecule has 3 aromatic rings. The van der Waals surface area contributed by atoms with Gasteiger partial charge in [0, 0.05) is 11.1 Å². The molecule has 0 fully saturated rings. The summed E-state index contributed by atoms with van der Waals surface area (Å²) in [6, 6.07) is 10.8. The first-order valence-electron chi connectivity index (χ1n) is 9.32. The number of hydrogen-bond acceptors (Lipinski definition) is 9. The van der Waals surface area contributed by atoms with Gasteiger partial charge in [-0.1, -0.05) is 30.3 Å². The van der Waals surface area contributed by atoms with E-state index in [0.29, 0.717) is 5.56 Å². The molecule has 0 aromatic heterocycles. The van der Waals surface area contributed by atoms with E-state index < -0.39 is 47.9 Å². The SMILES string of the molecule is Cc1ccc(Nc2cc(S(=O)(=O)[O-])c(N)c3c2C(=O)c2ccccc2C3=O)c(S(N)(=O)=O)c1.[Na+]. The molecule has 4 rings (SSSR count). The molecule has 0 atom stereocenters. The van der Waals surface area contributed by atoms with Gasteiger partial charge in [-0.05, 0) is 30.7 Å². The molecule has 1 aliphatic rings. The average Bonchev–Trinajstić information content (AvgIpc) is 2.72. The molecule has 0 aliphatic heterocycles. The molecule has 34 heavy (non-hydrogen) atoms. The molecule has 170 valence electrons. The van der Waals surface area contributed by atoms with Crippen LogP contribution >= 0.6 is 0 Å². The zero-order chi connectivity index (χ0) is 24.3. The number of hydrogen-bond donors (Lipinski definition) is 3. The third-order valence-corrected chi connectivity index (χ3v) is 7.01. The maximum atomic E-state index is 13.3. The van der Waals surface area contributed by atoms with E-state index in [1.807, 2.05) is 0 Å². The third kappa shape index (κ3) is 4.41. The molecule has 0 saturated heterocycles. The smallest absolute Gasteiger partial charge is 0.744 e. The van der Waals surface area contributed by atoms with E-state index in [-0.39, 0.29) is 62.5 Å². The Morgan fingerprint density at radius 3 is 1.91 bits per heavy atom. The van der Waals surface area contributed by atoms with Crippen LogP contribution in [0.4, 0.5) is 17.1 Å². The zero-order valence-electron chi connectivity index (χ0n) is 17.9. The maximum Gasteiger partial charge on any atom is 1.00 e. The number of benzene rings is 3. The molecule has 0 unspecified atom stereocenters. The van der Waals surface area contributed by atoms with Gasteiger partial charge < -0.3 is 15.6 Å². The summed E-state index contributed by atoms with van der Waals surface area (Å²) in [5.74, 6) is -1.41. The molecule has 0 saturated carbocycles. The monoisotopic (exact) mass is 509 g/mol. The number of nitrogen functional groups attached to an aromatic ring is 1. The van der Waals surface area contributed by atoms with E-state index in [0.717, 1.165) is 6.07 Å². The fraction of sp³-hybridized carbons (Fsp3) is 0.0476. The number of sulfonamides is 1. The van der Waals surface area contributed by atoms with E-state index in [9.17, 15) is 31.0 Å². The second-order valence-corrected chi connectivity index (χ2v) is 10.3. The minimum Gasteiger partial charge on any atom is -0.744 e. The number of nitrogens with two attached hydrogens (primary N) is 2. The van der Waals surface area contributed by atoms with Gasteiger partial charge in [0.2, 0.25) is 10.0 Å². The van der Waals surface area contributed by atoms with Crippen molar-refractivity contribution >= 4 is 48.8 Å². The molecule has 0 radical (unpaired) electrons. The Bertz CT molecular complexity index is 1600. The summed E-state index contributed by atoms with van der Waals surface area (Å²) < 4.78 is 59.8. The van der Waals surface area contributed by atoms with Crippen LogP contribution in [0.25, 0.3) is 0 Å². The normalized spacial score (nSPS) is 13.0. The fourth-order valence-electron chi connectivity index (χ4n) is 3.71. The van der Waals surface area contributed by atoms with Crippen molar-refractivity contribution in [1.29, 1.82) is 0 Å². The Kier molecular flexibility index (Phi) is 6.81. The van der Waals surface area contributed by atoms with Gasteiger partial charge in [0.15, 0.2) is 11.6 Å². The van der Waals surface area contributed by atoms with Gasteiger partial charge in [-0.25, -0.2) is 22.0 Å². The van der Waals surface area contributed by atoms with Gasteiger partial charge in [-0.2, -0.15) is 0 Å². The first-order valence-corrected chi connectivity index (χ1v) is 12.3. The number of fused-ring (bicyclic) bond motifs is 2. The molecule has 0 spiro atoms. The van der Waals surface area contributed by atoms with Crippen molar-refractivity contribution in [3.05, 3.63) is 76.3 Å². The largest absolute Gasteiger partial charge is 1.00 e. The second kappa shape index (κ2) is 8.89. The quantitative estimate of drug-likeness (QED) is 0.170. The summed E-state index contributed by atoms with van der Waals surface area (Å²) in [7, 11) is -9.40. The second-order valence-electron chi connectivity index (χ2n) is 7.41. The number of ketones is 2. The standard InChI is InChI=1S/C21H17N3O7S2.Na/c1-10-6-7-13(15(8-10)32(23,27)28)24-14-9-16(33(29,30)31)19(22)18-17(14)20(25)11-4-2-3-5-12(11)21(18)26;/h2-9,24H,22H2,1H3,(H2,23,27,28)(H,29,30,31);/q;+1/p-1. The number of carbonyl (C=O) groups excluding carboxylic acids is 2. The van der Waals surface area contributed by atoms with Crippen LogP contribution in [0, 0.1) is 6.92 Å². The van der Waals surface area contributed by atoms with Gasteiger partial charge in [0.1, 0.15) is 15.0 Å². The molecular weight excluding hydrogens is 493 g/mol. The number of primary sulfonamides is 1. The van der Waals surface area contributed by atoms with Crippen LogP contribution in [0.3, 0.4) is 0 Å². The molecule has 5 N–H and O–H groups in total. The Balaban J connectivity index is 0.00000324. The molecule has 3 aromatic carbocycles. The molecule has 1 aliphatic carbocycles. The number of carbonyl (C=O) groups is 2. The van der Waals surface area contributed by atoms with E-state index in [1.165, 1.54) is 30.3 Å². The predicted molar refractivity (Wildman–Crippen MR) is 118 cm³/mol. The molecule has 10 nitrogen and oxygen atoms in total. The van der Waals surface area contributed by atoms with Gasteiger partial charge in [0.25, 0.3) is 0 Å². The van der Waals surface area contributed by atoms with E-state index in [2.05, 4.69) is 5.32 Å². The topological polar surface area (TPSA) is 190 Å². The van der Waals surface area contributed by atoms with Crippen LogP contribution < -0.4 is 45.7 Å². The summed E-state index contributed by atoms with van der Waals surface area (Å²) in [6.45, 7) is 1.63. The first kappa shape index (κ1) is 26.0. The van der Waals surface area contributed by atoms with Gasteiger partial charge >= 0.3 is 29.6 Å². The third-order valence-electron chi connectivity index (χ3n) is 5.18. The van der Waals surface area contributed by atoms with Crippen molar-refractivity contribution in [1.82, 2.24) is 0 Å². The van der Waals surface area contributed by atoms with Gasteiger partial charge in [-0.15, -0.1) is 0 Å². The van der Waals surface area contributed by atoms with Crippen LogP contribution in [0.2, 0.25) is 0 Å². The average molecular weight is 509 g/mol. The first-order chi connectivity index (χ1) is 15.3. The fourth-order valence-corrected chi connectivity index (χ4v) is 5.12. The molecular formula is C21H16N3NaO7S2. The Labute approximate surface area is 217 Å². The number of anilines is 3. The summed E-state index contributed by atoms with van der Waals surface area (Å²) in [5.41, 5.74) is 4.71. The minimum atomic E-state index is -5.17. The summed E-state index contributed by atoms with van der Waals surface area (Å²) >= 11 is 0. The molecule has 13 heteroatoms. The minimum absolute atomic E-state index is 0. The van der Waals surface area contributed by atoms with E-state index in [1.54, 1.807) is 19.1 Å². The molecule has 0 amide bonds. The summed E-state index contributed by atoms with van der Waals surface area (Å²) in [5, 5.41) is 7.96. The Hall–Kier alpha value is -2.58. The van der Waals surface area contributed by atoms with Crippen molar-refractivity contribution < 1.29 is 60.5 Å². The number of nitrogens with one attached hydrogen (secondary N) is 1. The zero-order valence-corrected chi connectivity index (χ0v) is 21.6. The Morgan fingerprint density at radius 1 is 0.824 bits per heavy atom. The van der Waals surface area contributed by atoms with Crippen LogP contribution in [-0.2, 0) is 20.1 Å². The number of aryl methyl sites for hydroxylation is 1. The van der Waals surface area contributed by atoms with Gasteiger partial charge in [0.05, 0.1) is 33.1 Å².